The van der Waals surface area contributed by atoms with Crippen molar-refractivity contribution in [1.82, 2.24) is 0 Å². The van der Waals surface area contributed by atoms with Gasteiger partial charge in [-0.25, -0.2) is 4.39 Å². The van der Waals surface area contributed by atoms with Crippen molar-refractivity contribution < 1.29 is 9.13 Å². The van der Waals surface area contributed by atoms with Crippen LogP contribution in [0.25, 0.3) is 0 Å². The van der Waals surface area contributed by atoms with Gasteiger partial charge in [0.05, 0.1) is 9.50 Å². The summed E-state index contributed by atoms with van der Waals surface area (Å²) < 4.78 is 20.4. The molecule has 0 saturated heterocycles. The smallest absolute Gasteiger partial charge is 0.145 e. The lowest BCUT2D eigenvalue weighted by Gasteiger charge is -2.10. The Morgan fingerprint density at radius 3 is 2.58 bits per heavy atom. The summed E-state index contributed by atoms with van der Waals surface area (Å²) in [4.78, 5) is 0. The molecule has 0 fully saturated rings. The first-order valence-electron chi connectivity index (χ1n) is 5.28. The van der Waals surface area contributed by atoms with Crippen LogP contribution in [0.5, 0.6) is 5.75 Å². The fraction of sp³-hybridized carbons (Fsp3) is 0.0769. The molecule has 0 bridgehead atoms. The highest BCUT2D eigenvalue weighted by molar-refractivity contribution is 9.10. The zero-order valence-electron chi connectivity index (χ0n) is 9.59. The van der Waals surface area contributed by atoms with Gasteiger partial charge in [0.1, 0.15) is 18.2 Å². The molecular weight excluding hydrogens is 400 g/mol. The highest BCUT2D eigenvalue weighted by atomic mass is 79.9. The van der Waals surface area contributed by atoms with Gasteiger partial charge in [-0.3, -0.25) is 0 Å². The van der Waals surface area contributed by atoms with E-state index in [2.05, 4.69) is 31.9 Å². The molecule has 2 N–H and O–H groups in total. The summed E-state index contributed by atoms with van der Waals surface area (Å²) >= 11 is 12.3. The Hall–Kier alpha value is -0.780. The normalized spacial score (nSPS) is 10.5. The van der Waals surface area contributed by atoms with Gasteiger partial charge in [-0.1, -0.05) is 33.6 Å². The molecule has 0 unspecified atom stereocenters. The minimum atomic E-state index is -0.517. The summed E-state index contributed by atoms with van der Waals surface area (Å²) in [7, 11) is 0. The van der Waals surface area contributed by atoms with Crippen molar-refractivity contribution >= 4 is 49.1 Å². The van der Waals surface area contributed by atoms with Crippen LogP contribution in [0, 0.1) is 5.82 Å². The number of benzene rings is 2. The molecule has 0 radical (unpaired) electrons. The number of hydrogen-bond acceptors (Lipinski definition) is 2. The first-order valence-corrected chi connectivity index (χ1v) is 7.25. The van der Waals surface area contributed by atoms with Crippen molar-refractivity contribution in [3.63, 3.8) is 0 Å². The van der Waals surface area contributed by atoms with Crippen LogP contribution >= 0.6 is 43.5 Å². The minimum absolute atomic E-state index is 0.0490. The summed E-state index contributed by atoms with van der Waals surface area (Å²) in [6, 6.07) is 8.12. The lowest BCUT2D eigenvalue weighted by molar-refractivity contribution is 0.302. The molecule has 0 heterocycles. The fourth-order valence-corrected chi connectivity index (χ4v) is 2.72. The third-order valence-electron chi connectivity index (χ3n) is 2.44. The van der Waals surface area contributed by atoms with Crippen molar-refractivity contribution in [2.75, 3.05) is 5.73 Å². The van der Waals surface area contributed by atoms with E-state index >= 15 is 0 Å². The van der Waals surface area contributed by atoms with Gasteiger partial charge in [-0.05, 0) is 34.1 Å². The van der Waals surface area contributed by atoms with Crippen molar-refractivity contribution in [3.05, 3.63) is 55.7 Å². The molecule has 6 heteroatoms. The number of halogens is 4. The predicted octanol–water partition coefficient (Wildman–Crippen LogP) is 5.17. The van der Waals surface area contributed by atoms with Crippen LogP contribution in [0.1, 0.15) is 5.56 Å². The third kappa shape index (κ3) is 3.61. The van der Waals surface area contributed by atoms with E-state index in [1.807, 2.05) is 6.07 Å². The second-order valence-electron chi connectivity index (χ2n) is 3.84. The lowest BCUT2D eigenvalue weighted by atomic mass is 10.2. The van der Waals surface area contributed by atoms with Gasteiger partial charge in [-0.15, -0.1) is 0 Å². The Bertz CT molecular complexity index is 622. The maximum absolute atomic E-state index is 13.4. The molecule has 0 saturated carbocycles. The van der Waals surface area contributed by atoms with Crippen molar-refractivity contribution in [2.24, 2.45) is 0 Å². The molecule has 2 aromatic carbocycles. The SMILES string of the molecule is Nc1ccc(COc2cc(F)c(Cl)cc2Br)c(Br)c1. The van der Waals surface area contributed by atoms with E-state index in [1.165, 1.54) is 12.1 Å². The molecule has 0 amide bonds. The van der Waals surface area contributed by atoms with Gasteiger partial charge in [0.2, 0.25) is 0 Å². The highest BCUT2D eigenvalue weighted by Crippen LogP contribution is 2.31. The Morgan fingerprint density at radius 2 is 1.89 bits per heavy atom. The molecule has 0 atom stereocenters. The molecular formula is C13H9Br2ClFNO. The summed E-state index contributed by atoms with van der Waals surface area (Å²) in [5.74, 6) is -0.123. The van der Waals surface area contributed by atoms with Crippen molar-refractivity contribution in [1.29, 1.82) is 0 Å². The van der Waals surface area contributed by atoms with Crippen molar-refractivity contribution in [3.8, 4) is 5.75 Å². The first-order chi connectivity index (χ1) is 8.97. The van der Waals surface area contributed by atoms with Crippen LogP contribution in [-0.4, -0.2) is 0 Å². The number of anilines is 1. The molecule has 19 heavy (non-hydrogen) atoms. The van der Waals surface area contributed by atoms with E-state index in [4.69, 9.17) is 22.1 Å². The molecule has 0 aliphatic carbocycles. The van der Waals surface area contributed by atoms with E-state index in [-0.39, 0.29) is 5.02 Å². The molecule has 0 aliphatic heterocycles. The van der Waals surface area contributed by atoms with Gasteiger partial charge >= 0.3 is 0 Å². The quantitative estimate of drug-likeness (QED) is 0.561. The second-order valence-corrected chi connectivity index (χ2v) is 5.95. The van der Waals surface area contributed by atoms with Gasteiger partial charge < -0.3 is 10.5 Å². The van der Waals surface area contributed by atoms with Crippen LogP contribution in [0.4, 0.5) is 10.1 Å². The van der Waals surface area contributed by atoms with Crippen LogP contribution < -0.4 is 10.5 Å². The summed E-state index contributed by atoms with van der Waals surface area (Å²) in [6.45, 7) is 0.292. The average molecular weight is 409 g/mol. The van der Waals surface area contributed by atoms with E-state index in [1.54, 1.807) is 12.1 Å². The van der Waals surface area contributed by atoms with Gasteiger partial charge in [0, 0.05) is 21.8 Å². The van der Waals surface area contributed by atoms with Crippen LogP contribution in [0.2, 0.25) is 5.02 Å². The number of nitrogens with two attached hydrogens (primary N) is 1. The van der Waals surface area contributed by atoms with E-state index < -0.39 is 5.82 Å². The largest absolute Gasteiger partial charge is 0.488 e. The number of rotatable bonds is 3. The molecule has 0 aliphatic rings. The summed E-state index contributed by atoms with van der Waals surface area (Å²) in [6.07, 6.45) is 0. The second kappa shape index (κ2) is 6.11. The number of nitrogen functional groups attached to an aromatic ring is 1. The molecule has 0 aromatic heterocycles. The molecule has 0 spiro atoms. The zero-order valence-corrected chi connectivity index (χ0v) is 13.5. The van der Waals surface area contributed by atoms with Crippen LogP contribution in [0.15, 0.2) is 39.3 Å². The third-order valence-corrected chi connectivity index (χ3v) is 4.08. The first kappa shape index (κ1) is 14.6. The number of hydrogen-bond donors (Lipinski definition) is 1. The maximum atomic E-state index is 13.4. The van der Waals surface area contributed by atoms with E-state index in [0.29, 0.717) is 22.5 Å². The summed E-state index contributed by atoms with van der Waals surface area (Å²) in [5.41, 5.74) is 7.23. The van der Waals surface area contributed by atoms with Crippen molar-refractivity contribution in [2.45, 2.75) is 6.61 Å². The highest BCUT2D eigenvalue weighted by Gasteiger charge is 2.09. The maximum Gasteiger partial charge on any atom is 0.145 e. The molecule has 2 rings (SSSR count). The van der Waals surface area contributed by atoms with Crippen LogP contribution in [0.3, 0.4) is 0 Å². The van der Waals surface area contributed by atoms with Gasteiger partial charge in [0.15, 0.2) is 0 Å². The van der Waals surface area contributed by atoms with Crippen LogP contribution in [-0.2, 0) is 6.61 Å². The topological polar surface area (TPSA) is 35.2 Å². The van der Waals surface area contributed by atoms with Gasteiger partial charge in [0.25, 0.3) is 0 Å². The van der Waals surface area contributed by atoms with Gasteiger partial charge in [-0.2, -0.15) is 0 Å². The molecule has 2 aromatic rings. The number of ether oxygens (including phenoxy) is 1. The van der Waals surface area contributed by atoms with E-state index in [0.717, 1.165) is 10.0 Å². The summed E-state index contributed by atoms with van der Waals surface area (Å²) in [5, 5.41) is 0.0490. The average Bonchev–Trinajstić information content (AvgIpc) is 2.34. The molecule has 2 nitrogen and oxygen atoms in total. The zero-order chi connectivity index (χ0) is 14.0. The minimum Gasteiger partial charge on any atom is -0.488 e. The van der Waals surface area contributed by atoms with E-state index in [9.17, 15) is 4.39 Å². The Morgan fingerprint density at radius 1 is 1.16 bits per heavy atom. The standard InChI is InChI=1S/C13H9Br2ClFNO/c14-9-3-8(18)2-1-7(9)6-19-13-5-12(17)11(16)4-10(13)15/h1-5H,6,18H2. The molecule has 100 valence electrons. The lowest BCUT2D eigenvalue weighted by Crippen LogP contribution is -1.98. The Labute approximate surface area is 132 Å². The Kier molecular flexibility index (Phi) is 4.71. The predicted molar refractivity (Wildman–Crippen MR) is 82.0 cm³/mol. The Balaban J connectivity index is 2.16. The monoisotopic (exact) mass is 407 g/mol. The fourth-order valence-electron chi connectivity index (χ4n) is 1.45.